The van der Waals surface area contributed by atoms with Crippen LogP contribution < -0.4 is 4.90 Å². The van der Waals surface area contributed by atoms with Crippen LogP contribution in [-0.4, -0.2) is 10.1 Å². The molecule has 0 unspecified atom stereocenters. The molecule has 0 atom stereocenters. The second-order valence-electron chi connectivity index (χ2n) is 5.21. The molecule has 1 aliphatic heterocycles. The van der Waals surface area contributed by atoms with E-state index >= 15 is 0 Å². The number of hydrogen-bond donors (Lipinski definition) is 0. The number of hydrogen-bond acceptors (Lipinski definition) is 2. The highest BCUT2D eigenvalue weighted by molar-refractivity contribution is 7.85. The average Bonchev–Trinajstić information content (AvgIpc) is 2.63. The Bertz CT molecular complexity index is 872. The van der Waals surface area contributed by atoms with Crippen LogP contribution in [0.1, 0.15) is 10.4 Å². The summed E-state index contributed by atoms with van der Waals surface area (Å²) in [6.07, 6.45) is 0. The fourth-order valence-electron chi connectivity index (χ4n) is 2.77. The summed E-state index contributed by atoms with van der Waals surface area (Å²) in [5.41, 5.74) is 1.96. The minimum absolute atomic E-state index is 0.123. The van der Waals surface area contributed by atoms with Crippen LogP contribution in [-0.2, 0) is 10.8 Å². The summed E-state index contributed by atoms with van der Waals surface area (Å²) in [7, 11) is -1.28. The van der Waals surface area contributed by atoms with Gasteiger partial charge in [-0.25, -0.2) is 4.21 Å². The lowest BCUT2D eigenvalue weighted by Crippen LogP contribution is -2.30. The van der Waals surface area contributed by atoms with E-state index < -0.39 is 10.8 Å². The molecule has 0 aliphatic carbocycles. The third-order valence-electron chi connectivity index (χ3n) is 3.84. The van der Waals surface area contributed by atoms with Gasteiger partial charge in [-0.2, -0.15) is 0 Å². The quantitative estimate of drug-likeness (QED) is 0.676. The molecule has 0 aromatic heterocycles. The molecule has 0 saturated heterocycles. The zero-order valence-electron chi connectivity index (χ0n) is 12.2. The molecule has 3 nitrogen and oxygen atoms in total. The molecule has 1 aliphatic rings. The molecule has 3 aromatic carbocycles. The maximum atomic E-state index is 13.1. The van der Waals surface area contributed by atoms with Crippen molar-refractivity contribution in [1.82, 2.24) is 0 Å². The van der Waals surface area contributed by atoms with Crippen molar-refractivity contribution in [2.24, 2.45) is 0 Å². The summed E-state index contributed by atoms with van der Waals surface area (Å²) in [6.45, 7) is 0. The summed E-state index contributed by atoms with van der Waals surface area (Å²) in [4.78, 5) is 16.0. The monoisotopic (exact) mass is 319 g/mol. The summed E-state index contributed by atoms with van der Waals surface area (Å²) < 4.78 is 12.8. The fraction of sp³-hybridized carbons (Fsp3) is 0. The number of rotatable bonds is 1. The Labute approximate surface area is 136 Å². The Balaban J connectivity index is 1.95. The Hall–Kier alpha value is -2.72. The van der Waals surface area contributed by atoms with Crippen molar-refractivity contribution in [3.63, 3.8) is 0 Å². The number of nitrogens with zero attached hydrogens (tertiary/aromatic N) is 1. The van der Waals surface area contributed by atoms with Gasteiger partial charge in [0.2, 0.25) is 0 Å². The number of carbonyl (C=O) groups is 1. The van der Waals surface area contributed by atoms with Gasteiger partial charge < -0.3 is 0 Å². The van der Waals surface area contributed by atoms with Crippen molar-refractivity contribution in [2.75, 3.05) is 4.90 Å². The fourth-order valence-corrected chi connectivity index (χ4v) is 4.11. The minimum Gasteiger partial charge on any atom is -0.275 e. The second-order valence-corrected chi connectivity index (χ2v) is 6.63. The highest BCUT2D eigenvalue weighted by Crippen LogP contribution is 2.42. The van der Waals surface area contributed by atoms with E-state index in [9.17, 15) is 9.00 Å². The van der Waals surface area contributed by atoms with E-state index in [1.807, 2.05) is 66.7 Å². The number of amides is 1. The molecule has 4 rings (SSSR count). The van der Waals surface area contributed by atoms with Gasteiger partial charge in [0.25, 0.3) is 5.91 Å². The van der Waals surface area contributed by atoms with E-state index in [1.165, 1.54) is 0 Å². The van der Waals surface area contributed by atoms with Crippen LogP contribution in [0, 0.1) is 0 Å². The number of benzene rings is 3. The van der Waals surface area contributed by atoms with Crippen LogP contribution in [0.15, 0.2) is 88.7 Å². The van der Waals surface area contributed by atoms with Crippen LogP contribution >= 0.6 is 0 Å². The highest BCUT2D eigenvalue weighted by Gasteiger charge is 2.31. The van der Waals surface area contributed by atoms with Gasteiger partial charge in [0.05, 0.1) is 32.0 Å². The second kappa shape index (κ2) is 5.48. The molecule has 0 bridgehead atoms. The van der Waals surface area contributed by atoms with Crippen molar-refractivity contribution in [3.8, 4) is 0 Å². The van der Waals surface area contributed by atoms with E-state index in [4.69, 9.17) is 0 Å². The van der Waals surface area contributed by atoms with Gasteiger partial charge in [-0.3, -0.25) is 9.69 Å². The standard InChI is InChI=1S/C19H13NO2S/c21-19(14-8-2-1-3-9-14)20-15-10-4-6-12-17(15)23(22)18-13-7-5-11-16(18)20/h1-13H. The smallest absolute Gasteiger partial charge is 0.262 e. The molecule has 0 saturated carbocycles. The topological polar surface area (TPSA) is 37.4 Å². The molecule has 4 heteroatoms. The van der Waals surface area contributed by atoms with Crippen molar-refractivity contribution in [2.45, 2.75) is 9.79 Å². The minimum atomic E-state index is -1.28. The maximum Gasteiger partial charge on any atom is 0.262 e. The Kier molecular flexibility index (Phi) is 3.32. The molecule has 112 valence electrons. The molecule has 1 amide bonds. The molecule has 0 spiro atoms. The SMILES string of the molecule is O=C(c1ccccc1)N1c2ccccc2S(=O)c2ccccc21. The van der Waals surface area contributed by atoms with Crippen molar-refractivity contribution >= 4 is 28.1 Å². The zero-order chi connectivity index (χ0) is 15.8. The molecule has 23 heavy (non-hydrogen) atoms. The van der Waals surface area contributed by atoms with Gasteiger partial charge in [-0.05, 0) is 36.4 Å². The van der Waals surface area contributed by atoms with Crippen LogP contribution in [0.2, 0.25) is 0 Å². The third-order valence-corrected chi connectivity index (χ3v) is 5.33. The number of fused-ring (bicyclic) bond motifs is 2. The third kappa shape index (κ3) is 2.19. The van der Waals surface area contributed by atoms with Crippen LogP contribution in [0.5, 0.6) is 0 Å². The van der Waals surface area contributed by atoms with E-state index in [-0.39, 0.29) is 5.91 Å². The van der Waals surface area contributed by atoms with Crippen LogP contribution in [0.4, 0.5) is 11.4 Å². The summed E-state index contributed by atoms with van der Waals surface area (Å²) in [6, 6.07) is 23.8. The highest BCUT2D eigenvalue weighted by atomic mass is 32.2. The van der Waals surface area contributed by atoms with Crippen LogP contribution in [0.25, 0.3) is 0 Å². The number of carbonyl (C=O) groups excluding carboxylic acids is 1. The zero-order valence-corrected chi connectivity index (χ0v) is 13.0. The van der Waals surface area contributed by atoms with Crippen molar-refractivity contribution in [1.29, 1.82) is 0 Å². The molecule has 0 radical (unpaired) electrons. The lowest BCUT2D eigenvalue weighted by atomic mass is 10.1. The van der Waals surface area contributed by atoms with Gasteiger partial charge in [0.1, 0.15) is 0 Å². The largest absolute Gasteiger partial charge is 0.275 e. The van der Waals surface area contributed by atoms with Crippen molar-refractivity contribution in [3.05, 3.63) is 84.4 Å². The molecule has 1 heterocycles. The normalized spacial score (nSPS) is 13.3. The molecule has 0 N–H and O–H groups in total. The van der Waals surface area contributed by atoms with Gasteiger partial charge >= 0.3 is 0 Å². The Morgan fingerprint density at radius 3 is 1.74 bits per heavy atom. The summed E-state index contributed by atoms with van der Waals surface area (Å²) >= 11 is 0. The summed E-state index contributed by atoms with van der Waals surface area (Å²) in [5, 5.41) is 0. The van der Waals surface area contributed by atoms with E-state index in [2.05, 4.69) is 0 Å². The first kappa shape index (κ1) is 13.9. The predicted molar refractivity (Wildman–Crippen MR) is 90.5 cm³/mol. The van der Waals surface area contributed by atoms with Crippen molar-refractivity contribution < 1.29 is 9.00 Å². The van der Waals surface area contributed by atoms with E-state index in [0.29, 0.717) is 26.7 Å². The van der Waals surface area contributed by atoms with Crippen LogP contribution in [0.3, 0.4) is 0 Å². The first-order valence-corrected chi connectivity index (χ1v) is 8.42. The first-order valence-electron chi connectivity index (χ1n) is 7.27. The average molecular weight is 319 g/mol. The summed E-state index contributed by atoms with van der Waals surface area (Å²) in [5.74, 6) is -0.123. The van der Waals surface area contributed by atoms with Gasteiger partial charge in [-0.15, -0.1) is 0 Å². The molecular formula is C19H13NO2S. The molecule has 0 fully saturated rings. The van der Waals surface area contributed by atoms with Gasteiger partial charge in [0.15, 0.2) is 0 Å². The van der Waals surface area contributed by atoms with E-state index in [1.54, 1.807) is 17.0 Å². The van der Waals surface area contributed by atoms with Gasteiger partial charge in [-0.1, -0.05) is 42.5 Å². The lowest BCUT2D eigenvalue weighted by molar-refractivity contribution is 0.0998. The molecular weight excluding hydrogens is 306 g/mol. The predicted octanol–water partition coefficient (Wildman–Crippen LogP) is 4.15. The maximum absolute atomic E-state index is 13.1. The first-order chi connectivity index (χ1) is 11.3. The Morgan fingerprint density at radius 2 is 1.17 bits per heavy atom. The lowest BCUT2D eigenvalue weighted by Gasteiger charge is -2.30. The number of anilines is 2. The van der Waals surface area contributed by atoms with E-state index in [0.717, 1.165) is 0 Å². The number of para-hydroxylation sites is 2. The van der Waals surface area contributed by atoms with Gasteiger partial charge in [0, 0.05) is 5.56 Å². The Morgan fingerprint density at radius 1 is 0.696 bits per heavy atom. The molecule has 3 aromatic rings.